The van der Waals surface area contributed by atoms with Gasteiger partial charge in [-0.1, -0.05) is 36.4 Å². The second kappa shape index (κ2) is 8.86. The van der Waals surface area contributed by atoms with Crippen LogP contribution in [-0.2, 0) is 17.9 Å². The van der Waals surface area contributed by atoms with Crippen molar-refractivity contribution in [1.29, 1.82) is 0 Å². The van der Waals surface area contributed by atoms with Gasteiger partial charge in [-0.25, -0.2) is 0 Å². The van der Waals surface area contributed by atoms with E-state index in [1.165, 1.54) is 31.5 Å². The van der Waals surface area contributed by atoms with Crippen LogP contribution in [0.3, 0.4) is 0 Å². The van der Waals surface area contributed by atoms with Crippen molar-refractivity contribution in [3.05, 3.63) is 65.2 Å². The van der Waals surface area contributed by atoms with Gasteiger partial charge in [0.15, 0.2) is 6.10 Å². The average Bonchev–Trinajstić information content (AvgIpc) is 3.14. The predicted molar refractivity (Wildman–Crippen MR) is 104 cm³/mol. The zero-order valence-corrected chi connectivity index (χ0v) is 15.7. The zero-order chi connectivity index (χ0) is 18.4. The summed E-state index contributed by atoms with van der Waals surface area (Å²) >= 11 is 0. The van der Waals surface area contributed by atoms with Crippen LogP contribution >= 0.6 is 0 Å². The van der Waals surface area contributed by atoms with Crippen molar-refractivity contribution < 1.29 is 9.53 Å². The fraction of sp³-hybridized carbons (Fsp3) is 0.409. The standard InChI is InChI=1S/C22H28N2O2/c1-17-6-5-7-21(14-17)26-18(2)22(25)23-15-19-8-10-20(11-9-19)16-24-12-3-4-13-24/h5-11,14,18H,3-4,12-13,15-16H2,1-2H3,(H,23,25)/t18-/m1/s1. The maximum Gasteiger partial charge on any atom is 0.261 e. The predicted octanol–water partition coefficient (Wildman–Crippen LogP) is 3.67. The smallest absolute Gasteiger partial charge is 0.261 e. The van der Waals surface area contributed by atoms with Crippen molar-refractivity contribution in [2.45, 2.75) is 45.9 Å². The second-order valence-electron chi connectivity index (χ2n) is 7.09. The van der Waals surface area contributed by atoms with Crippen LogP contribution in [0.15, 0.2) is 48.5 Å². The van der Waals surface area contributed by atoms with Gasteiger partial charge >= 0.3 is 0 Å². The van der Waals surface area contributed by atoms with Crippen LogP contribution < -0.4 is 10.1 Å². The maximum absolute atomic E-state index is 12.3. The highest BCUT2D eigenvalue weighted by Gasteiger charge is 2.15. The van der Waals surface area contributed by atoms with Crippen LogP contribution in [0.1, 0.15) is 36.5 Å². The number of ether oxygens (including phenoxy) is 1. The number of amides is 1. The number of likely N-dealkylation sites (tertiary alicyclic amines) is 1. The first-order valence-electron chi connectivity index (χ1n) is 9.41. The molecule has 0 unspecified atom stereocenters. The van der Waals surface area contributed by atoms with Crippen molar-refractivity contribution in [3.8, 4) is 5.75 Å². The molecule has 1 aliphatic rings. The number of carbonyl (C=O) groups excluding carboxylic acids is 1. The SMILES string of the molecule is Cc1cccc(O[C@H](C)C(=O)NCc2ccc(CN3CCCC3)cc2)c1. The summed E-state index contributed by atoms with van der Waals surface area (Å²) in [7, 11) is 0. The van der Waals surface area contributed by atoms with Crippen molar-refractivity contribution in [1.82, 2.24) is 10.2 Å². The van der Waals surface area contributed by atoms with Crippen molar-refractivity contribution in [2.75, 3.05) is 13.1 Å². The van der Waals surface area contributed by atoms with Crippen molar-refractivity contribution in [3.63, 3.8) is 0 Å². The monoisotopic (exact) mass is 352 g/mol. The van der Waals surface area contributed by atoms with Crippen molar-refractivity contribution >= 4 is 5.91 Å². The molecule has 1 heterocycles. The molecule has 2 aromatic rings. The van der Waals surface area contributed by atoms with Gasteiger partial charge in [-0.2, -0.15) is 0 Å². The molecule has 138 valence electrons. The van der Waals surface area contributed by atoms with Gasteiger partial charge in [0.25, 0.3) is 5.91 Å². The Kier molecular flexibility index (Phi) is 6.29. The molecule has 1 atom stereocenters. The Morgan fingerprint density at radius 3 is 2.50 bits per heavy atom. The molecule has 2 aromatic carbocycles. The minimum absolute atomic E-state index is 0.104. The summed E-state index contributed by atoms with van der Waals surface area (Å²) in [5, 5.41) is 2.95. The van der Waals surface area contributed by atoms with Gasteiger partial charge in [-0.05, 0) is 68.6 Å². The molecule has 0 spiro atoms. The first-order valence-corrected chi connectivity index (χ1v) is 9.41. The van der Waals surface area contributed by atoms with Crippen LogP contribution in [-0.4, -0.2) is 30.0 Å². The Bertz CT molecular complexity index is 721. The van der Waals surface area contributed by atoms with Crippen LogP contribution in [0.25, 0.3) is 0 Å². The highest BCUT2D eigenvalue weighted by Crippen LogP contribution is 2.15. The van der Waals surface area contributed by atoms with E-state index in [-0.39, 0.29) is 5.91 Å². The van der Waals surface area contributed by atoms with E-state index >= 15 is 0 Å². The van der Waals surface area contributed by atoms with Crippen molar-refractivity contribution in [2.24, 2.45) is 0 Å². The lowest BCUT2D eigenvalue weighted by Crippen LogP contribution is -2.35. The quantitative estimate of drug-likeness (QED) is 0.827. The number of aryl methyl sites for hydroxylation is 1. The van der Waals surface area contributed by atoms with Gasteiger partial charge in [0.1, 0.15) is 5.75 Å². The van der Waals surface area contributed by atoms with Crippen LogP contribution in [0, 0.1) is 6.92 Å². The Morgan fingerprint density at radius 2 is 1.81 bits per heavy atom. The Labute approximate surface area is 156 Å². The molecule has 1 fully saturated rings. The summed E-state index contributed by atoms with van der Waals surface area (Å²) in [6.45, 7) is 7.73. The van der Waals surface area contributed by atoms with E-state index in [0.29, 0.717) is 6.54 Å². The number of nitrogens with one attached hydrogen (secondary N) is 1. The average molecular weight is 352 g/mol. The Hall–Kier alpha value is -2.33. The molecule has 0 aromatic heterocycles. The summed E-state index contributed by atoms with van der Waals surface area (Å²) in [6.07, 6.45) is 2.10. The number of rotatable bonds is 7. The number of benzene rings is 2. The topological polar surface area (TPSA) is 41.6 Å². The van der Waals surface area contributed by atoms with Crippen LogP contribution in [0.4, 0.5) is 0 Å². The van der Waals surface area contributed by atoms with Gasteiger partial charge in [0.05, 0.1) is 0 Å². The van der Waals surface area contributed by atoms with Crippen LogP contribution in [0.5, 0.6) is 5.75 Å². The Balaban J connectivity index is 1.46. The molecular formula is C22H28N2O2. The summed E-state index contributed by atoms with van der Waals surface area (Å²) in [4.78, 5) is 14.7. The van der Waals surface area contributed by atoms with E-state index in [9.17, 15) is 4.79 Å². The largest absolute Gasteiger partial charge is 0.481 e. The lowest BCUT2D eigenvalue weighted by Gasteiger charge is -2.16. The molecule has 1 aliphatic heterocycles. The van der Waals surface area contributed by atoms with Gasteiger partial charge in [0.2, 0.25) is 0 Å². The van der Waals surface area contributed by atoms with Gasteiger partial charge in [-0.3, -0.25) is 9.69 Å². The Morgan fingerprint density at radius 1 is 1.12 bits per heavy atom. The van der Waals surface area contributed by atoms with E-state index in [4.69, 9.17) is 4.74 Å². The number of nitrogens with zero attached hydrogens (tertiary/aromatic N) is 1. The molecule has 1 saturated heterocycles. The molecule has 4 nitrogen and oxygen atoms in total. The zero-order valence-electron chi connectivity index (χ0n) is 15.7. The first-order chi connectivity index (χ1) is 12.6. The summed E-state index contributed by atoms with van der Waals surface area (Å²) in [5.41, 5.74) is 3.55. The van der Waals surface area contributed by atoms with Gasteiger partial charge in [-0.15, -0.1) is 0 Å². The molecular weight excluding hydrogens is 324 g/mol. The molecule has 1 amide bonds. The minimum atomic E-state index is -0.522. The lowest BCUT2D eigenvalue weighted by molar-refractivity contribution is -0.127. The minimum Gasteiger partial charge on any atom is -0.481 e. The number of hydrogen-bond acceptors (Lipinski definition) is 3. The lowest BCUT2D eigenvalue weighted by atomic mass is 10.1. The third kappa shape index (κ3) is 5.33. The molecule has 1 N–H and O–H groups in total. The normalized spacial score (nSPS) is 15.6. The third-order valence-corrected chi connectivity index (χ3v) is 4.77. The molecule has 26 heavy (non-hydrogen) atoms. The number of hydrogen-bond donors (Lipinski definition) is 1. The molecule has 0 radical (unpaired) electrons. The summed E-state index contributed by atoms with van der Waals surface area (Å²) in [6, 6.07) is 16.2. The van der Waals surface area contributed by atoms with E-state index in [0.717, 1.165) is 23.4 Å². The number of carbonyl (C=O) groups is 1. The highest BCUT2D eigenvalue weighted by atomic mass is 16.5. The van der Waals surface area contributed by atoms with E-state index in [1.54, 1.807) is 6.92 Å². The fourth-order valence-corrected chi connectivity index (χ4v) is 3.24. The van der Waals surface area contributed by atoms with E-state index in [1.807, 2.05) is 31.2 Å². The van der Waals surface area contributed by atoms with Crippen LogP contribution in [0.2, 0.25) is 0 Å². The fourth-order valence-electron chi connectivity index (χ4n) is 3.24. The molecule has 0 saturated carbocycles. The maximum atomic E-state index is 12.3. The molecule has 3 rings (SSSR count). The molecule has 0 aliphatic carbocycles. The molecule has 0 bridgehead atoms. The third-order valence-electron chi connectivity index (χ3n) is 4.77. The summed E-state index contributed by atoms with van der Waals surface area (Å²) in [5.74, 6) is 0.617. The first kappa shape index (κ1) is 18.5. The second-order valence-corrected chi connectivity index (χ2v) is 7.09. The highest BCUT2D eigenvalue weighted by molar-refractivity contribution is 5.80. The molecule has 4 heteroatoms. The van der Waals surface area contributed by atoms with Gasteiger partial charge in [0, 0.05) is 13.1 Å². The van der Waals surface area contributed by atoms with Gasteiger partial charge < -0.3 is 10.1 Å². The van der Waals surface area contributed by atoms with E-state index < -0.39 is 6.10 Å². The van der Waals surface area contributed by atoms with E-state index in [2.05, 4.69) is 34.5 Å². The summed E-state index contributed by atoms with van der Waals surface area (Å²) < 4.78 is 5.72.